The molecule has 2 aromatic heterocycles. The number of rotatable bonds is 9. The van der Waals surface area contributed by atoms with E-state index in [1.54, 1.807) is 6.07 Å². The summed E-state index contributed by atoms with van der Waals surface area (Å²) < 4.78 is 1.53. The van der Waals surface area contributed by atoms with Gasteiger partial charge >= 0.3 is 0 Å². The van der Waals surface area contributed by atoms with Crippen LogP contribution in [0.1, 0.15) is 36.5 Å². The molecule has 0 fully saturated rings. The second-order valence-electron chi connectivity index (χ2n) is 10.4. The van der Waals surface area contributed by atoms with Gasteiger partial charge in [0.05, 0.1) is 16.4 Å². The molecular formula is C32H26CoN10O10. The van der Waals surface area contributed by atoms with Crippen molar-refractivity contribution in [2.75, 3.05) is 0 Å². The molecule has 0 saturated carbocycles. The van der Waals surface area contributed by atoms with Gasteiger partial charge in [-0.15, -0.1) is 20.5 Å². The van der Waals surface area contributed by atoms with E-state index >= 15 is 0 Å². The summed E-state index contributed by atoms with van der Waals surface area (Å²) >= 11 is 0. The van der Waals surface area contributed by atoms with Gasteiger partial charge in [0.1, 0.15) is 40.2 Å². The molecule has 0 bridgehead atoms. The van der Waals surface area contributed by atoms with E-state index in [2.05, 4.69) is 25.3 Å². The Morgan fingerprint density at radius 2 is 1.36 bits per heavy atom. The van der Waals surface area contributed by atoms with Gasteiger partial charge in [-0.2, -0.15) is 5.26 Å². The fourth-order valence-corrected chi connectivity index (χ4v) is 4.32. The molecule has 4 rings (SSSR count). The van der Waals surface area contributed by atoms with Crippen LogP contribution in [0.2, 0.25) is 0 Å². The van der Waals surface area contributed by atoms with Gasteiger partial charge in [-0.25, -0.2) is 9.41 Å². The third-order valence-corrected chi connectivity index (χ3v) is 7.14. The Balaban J connectivity index is 0.000000361. The van der Waals surface area contributed by atoms with Crippen LogP contribution >= 0.6 is 0 Å². The first-order valence-electron chi connectivity index (χ1n) is 14.6. The standard InChI is InChI=1S/C17H17N5O5.C15H9N5O5.Co/c1-4-5-8-21-16(24)14(18-3)10(2)15(17(21)25)20-19-12-9-11(22(26)27)6-7-13(12)23;1-3-19-14(22)10(7-16)8(2)13(15(19)23)18-17-11-6-9(20(24)25)4-5-12(11)21;/h6-7,9,23,25H,4-5,8H2,1-2H3;1,4-6,21,23H,2H3;. The van der Waals surface area contributed by atoms with Crippen LogP contribution in [0.25, 0.3) is 4.85 Å². The summed E-state index contributed by atoms with van der Waals surface area (Å²) in [5.74, 6) is -1.91. The SMILES string of the molecule is C#Cn1c(O)c(N=Nc2cc([N+](=O)[O-])ccc2O)c(C)c(C#N)c1=O.[C-]#[N+]c1c(C)c(N=Nc2cc([N+](=O)[O-])ccc2O)c(O)n(CCCC)c1=O.[Co]. The molecule has 53 heavy (non-hydrogen) atoms. The zero-order valence-corrected chi connectivity index (χ0v) is 28.7. The summed E-state index contributed by atoms with van der Waals surface area (Å²) in [4.78, 5) is 47.8. The maximum absolute atomic E-state index is 12.3. The first kappa shape index (κ1) is 41.8. The van der Waals surface area contributed by atoms with Gasteiger partial charge in [-0.05, 0) is 38.0 Å². The third kappa shape index (κ3) is 9.04. The molecule has 0 spiro atoms. The summed E-state index contributed by atoms with van der Waals surface area (Å²) in [6, 6.07) is 9.89. The summed E-state index contributed by atoms with van der Waals surface area (Å²) in [6.07, 6.45) is 6.51. The number of benzene rings is 2. The number of terminal acetylenes is 1. The van der Waals surface area contributed by atoms with Crippen molar-refractivity contribution < 1.29 is 47.1 Å². The third-order valence-electron chi connectivity index (χ3n) is 7.14. The summed E-state index contributed by atoms with van der Waals surface area (Å²) in [5, 5.41) is 85.6. The average Bonchev–Trinajstić information content (AvgIpc) is 3.10. The van der Waals surface area contributed by atoms with Gasteiger partial charge in [-0.3, -0.25) is 34.4 Å². The number of hydrogen-bond acceptors (Lipinski definition) is 15. The van der Waals surface area contributed by atoms with E-state index in [-0.39, 0.29) is 85.6 Å². The summed E-state index contributed by atoms with van der Waals surface area (Å²) in [7, 11) is 0. The number of pyridine rings is 2. The van der Waals surface area contributed by atoms with E-state index in [9.17, 15) is 50.2 Å². The van der Waals surface area contributed by atoms with Crippen molar-refractivity contribution in [3.8, 4) is 41.8 Å². The van der Waals surface area contributed by atoms with E-state index in [0.717, 1.165) is 47.4 Å². The maximum Gasteiger partial charge on any atom is 0.283 e. The number of aromatic hydroxyl groups is 4. The smallest absolute Gasteiger partial charge is 0.283 e. The van der Waals surface area contributed by atoms with Crippen LogP contribution in [-0.2, 0) is 23.3 Å². The maximum atomic E-state index is 12.3. The number of unbranched alkanes of at least 4 members (excludes halogenated alkanes) is 1. The molecule has 2 aromatic carbocycles. The first-order valence-corrected chi connectivity index (χ1v) is 14.6. The van der Waals surface area contributed by atoms with Crippen LogP contribution in [0.15, 0.2) is 66.4 Å². The first-order chi connectivity index (χ1) is 24.6. The van der Waals surface area contributed by atoms with Gasteiger partial charge in [0.25, 0.3) is 28.2 Å². The zero-order valence-electron chi connectivity index (χ0n) is 27.7. The number of azo groups is 2. The Morgan fingerprint density at radius 3 is 1.77 bits per heavy atom. The number of nitrogens with zero attached hydrogens (tertiary/aromatic N) is 10. The normalized spacial score (nSPS) is 10.4. The van der Waals surface area contributed by atoms with Crippen LogP contribution in [0.4, 0.5) is 39.8 Å². The number of nitriles is 1. The number of aromatic nitrogens is 2. The van der Waals surface area contributed by atoms with Crippen molar-refractivity contribution in [3.63, 3.8) is 0 Å². The summed E-state index contributed by atoms with van der Waals surface area (Å²) in [5.41, 5.74) is -3.33. The van der Waals surface area contributed by atoms with Gasteiger partial charge < -0.3 is 20.4 Å². The molecule has 4 aromatic rings. The van der Waals surface area contributed by atoms with Crippen LogP contribution < -0.4 is 11.1 Å². The van der Waals surface area contributed by atoms with E-state index in [0.29, 0.717) is 11.0 Å². The predicted octanol–water partition coefficient (Wildman–Crippen LogP) is 6.44. The monoisotopic (exact) mass is 769 g/mol. The molecule has 0 aliphatic heterocycles. The average molecular weight is 770 g/mol. The minimum atomic E-state index is -0.892. The second kappa shape index (κ2) is 18.0. The van der Waals surface area contributed by atoms with E-state index in [4.69, 9.17) is 18.3 Å². The van der Waals surface area contributed by atoms with E-state index in [1.807, 2.05) is 13.0 Å². The minimum absolute atomic E-state index is 0. The largest absolute Gasteiger partial charge is 0.506 e. The predicted molar refractivity (Wildman–Crippen MR) is 182 cm³/mol. The zero-order chi connectivity index (χ0) is 38.9. The van der Waals surface area contributed by atoms with Crippen molar-refractivity contribution >= 4 is 39.8 Å². The number of phenols is 2. The number of nitro groups is 2. The molecule has 1 radical (unpaired) electrons. The Kier molecular flexibility index (Phi) is 14.2. The van der Waals surface area contributed by atoms with Gasteiger partial charge in [0, 0.05) is 59.2 Å². The minimum Gasteiger partial charge on any atom is -0.506 e. The molecule has 21 heteroatoms. The van der Waals surface area contributed by atoms with Crippen molar-refractivity contribution in [1.82, 2.24) is 9.13 Å². The van der Waals surface area contributed by atoms with Gasteiger partial charge in [0.2, 0.25) is 11.8 Å². The fourth-order valence-electron chi connectivity index (χ4n) is 4.32. The Bertz CT molecular complexity index is 2370. The Labute approximate surface area is 308 Å². The van der Waals surface area contributed by atoms with Gasteiger partial charge in [0.15, 0.2) is 5.69 Å². The molecule has 0 unspecified atom stereocenters. The topological polar surface area (TPSA) is 289 Å². The molecular weight excluding hydrogens is 743 g/mol. The van der Waals surface area contributed by atoms with Crippen molar-refractivity contribution in [2.45, 2.75) is 40.2 Å². The molecule has 273 valence electrons. The number of hydrogen-bond donors (Lipinski definition) is 4. The molecule has 0 aliphatic carbocycles. The molecule has 0 aliphatic rings. The second-order valence-corrected chi connectivity index (χ2v) is 10.4. The molecule has 0 amide bonds. The molecule has 4 N–H and O–H groups in total. The van der Waals surface area contributed by atoms with Crippen LogP contribution in [0.5, 0.6) is 23.3 Å². The van der Waals surface area contributed by atoms with Crippen molar-refractivity contribution in [1.29, 1.82) is 5.26 Å². The number of nitro benzene ring substituents is 2. The molecule has 0 atom stereocenters. The van der Waals surface area contributed by atoms with Crippen molar-refractivity contribution in [2.24, 2.45) is 20.5 Å². The number of phenolic OH excluding ortho intramolecular Hbond substituents is 2. The Morgan fingerprint density at radius 1 is 0.868 bits per heavy atom. The van der Waals surface area contributed by atoms with Gasteiger partial charge in [-0.1, -0.05) is 19.8 Å². The molecule has 0 saturated heterocycles. The van der Waals surface area contributed by atoms with Crippen LogP contribution in [0.3, 0.4) is 0 Å². The Hall–Kier alpha value is -7.41. The molecule has 2 heterocycles. The van der Waals surface area contributed by atoms with Crippen molar-refractivity contribution in [3.05, 3.63) is 105 Å². The number of non-ortho nitro benzene ring substituents is 2. The molecule has 20 nitrogen and oxygen atoms in total. The quantitative estimate of drug-likeness (QED) is 0.0472. The van der Waals surface area contributed by atoms with E-state index in [1.165, 1.54) is 13.8 Å². The van der Waals surface area contributed by atoms with Crippen LogP contribution in [0, 0.1) is 64.4 Å². The van der Waals surface area contributed by atoms with Crippen LogP contribution in [-0.4, -0.2) is 39.4 Å². The fraction of sp³-hybridized carbons (Fsp3) is 0.188. The summed E-state index contributed by atoms with van der Waals surface area (Å²) in [6.45, 7) is 12.1. The van der Waals surface area contributed by atoms with E-state index < -0.39 is 38.5 Å².